The van der Waals surface area contributed by atoms with Gasteiger partial charge in [0.15, 0.2) is 0 Å². The summed E-state index contributed by atoms with van der Waals surface area (Å²) in [6.45, 7) is 1.96. The van der Waals surface area contributed by atoms with Gasteiger partial charge in [0.25, 0.3) is 0 Å². The van der Waals surface area contributed by atoms with Crippen molar-refractivity contribution in [3.63, 3.8) is 0 Å². The number of carbonyl (C=O) groups excluding carboxylic acids is 1. The molecule has 74 valence electrons. The largest absolute Gasteiger partial charge is 0.302 e. The Morgan fingerprint density at radius 1 is 1.64 bits per heavy atom. The van der Waals surface area contributed by atoms with Gasteiger partial charge in [-0.1, -0.05) is 13.0 Å². The van der Waals surface area contributed by atoms with Gasteiger partial charge in [0.2, 0.25) is 0 Å². The van der Waals surface area contributed by atoms with Gasteiger partial charge in [-0.15, -0.1) is 11.8 Å². The van der Waals surface area contributed by atoms with E-state index in [1.807, 2.05) is 13.0 Å². The first kappa shape index (κ1) is 9.71. The van der Waals surface area contributed by atoms with Gasteiger partial charge in [0.1, 0.15) is 12.1 Å². The summed E-state index contributed by atoms with van der Waals surface area (Å²) in [7, 11) is 0. The van der Waals surface area contributed by atoms with E-state index in [-0.39, 0.29) is 5.82 Å². The summed E-state index contributed by atoms with van der Waals surface area (Å²) in [5.74, 6) is -0.188. The number of carbonyl (C=O) groups is 1. The van der Waals surface area contributed by atoms with Crippen LogP contribution in [0.3, 0.4) is 0 Å². The third-order valence-electron chi connectivity index (χ3n) is 2.68. The van der Waals surface area contributed by atoms with Gasteiger partial charge in [-0.3, -0.25) is 0 Å². The summed E-state index contributed by atoms with van der Waals surface area (Å²) < 4.78 is 13.0. The maximum atomic E-state index is 13.4. The van der Waals surface area contributed by atoms with E-state index in [4.69, 9.17) is 0 Å². The first-order chi connectivity index (χ1) is 6.71. The van der Waals surface area contributed by atoms with Crippen molar-refractivity contribution < 1.29 is 9.18 Å². The molecule has 3 heteroatoms. The van der Waals surface area contributed by atoms with Crippen LogP contribution in [0.2, 0.25) is 0 Å². The summed E-state index contributed by atoms with van der Waals surface area (Å²) in [4.78, 5) is 11.9. The molecule has 0 aromatic heterocycles. The number of hydrogen-bond donors (Lipinski definition) is 0. The Kier molecular flexibility index (Phi) is 2.35. The quantitative estimate of drug-likeness (QED) is 0.698. The van der Waals surface area contributed by atoms with Crippen LogP contribution < -0.4 is 0 Å². The molecule has 1 unspecified atom stereocenters. The second kappa shape index (κ2) is 3.39. The van der Waals surface area contributed by atoms with Crippen molar-refractivity contribution in [2.75, 3.05) is 0 Å². The van der Waals surface area contributed by atoms with Crippen molar-refractivity contribution >= 4 is 18.0 Å². The van der Waals surface area contributed by atoms with E-state index in [1.54, 1.807) is 6.07 Å². The van der Waals surface area contributed by atoms with Crippen LogP contribution in [-0.2, 0) is 11.2 Å². The normalized spacial score (nSPS) is 24.7. The average Bonchev–Trinajstić information content (AvgIpc) is 2.59. The molecule has 14 heavy (non-hydrogen) atoms. The Morgan fingerprint density at radius 3 is 3.00 bits per heavy atom. The molecule has 1 heterocycles. The molecule has 0 amide bonds. The van der Waals surface area contributed by atoms with Crippen LogP contribution in [-0.4, -0.2) is 11.0 Å². The number of rotatable bonds is 2. The molecule has 0 N–H and O–H groups in total. The highest BCUT2D eigenvalue weighted by atomic mass is 32.2. The molecule has 0 radical (unpaired) electrons. The minimum Gasteiger partial charge on any atom is -0.302 e. The fraction of sp³-hybridized carbons (Fsp3) is 0.364. The molecule has 1 atom stereocenters. The third-order valence-corrected chi connectivity index (χ3v) is 4.22. The fourth-order valence-electron chi connectivity index (χ4n) is 1.71. The minimum absolute atomic E-state index is 0.188. The van der Waals surface area contributed by atoms with E-state index >= 15 is 0 Å². The second-order valence-electron chi connectivity index (χ2n) is 3.53. The standard InChI is InChI=1S/C11H11FOS/c1-2-11(7-13)6-8-9(12)4-3-5-10(8)14-11/h3-5,7H,2,6H2,1H3. The molecule has 0 saturated carbocycles. The van der Waals surface area contributed by atoms with E-state index in [9.17, 15) is 9.18 Å². The highest BCUT2D eigenvalue weighted by molar-refractivity contribution is 8.01. The van der Waals surface area contributed by atoms with Crippen molar-refractivity contribution in [3.8, 4) is 0 Å². The van der Waals surface area contributed by atoms with Crippen LogP contribution in [0.4, 0.5) is 4.39 Å². The van der Waals surface area contributed by atoms with E-state index in [0.29, 0.717) is 12.0 Å². The van der Waals surface area contributed by atoms with Crippen molar-refractivity contribution in [1.82, 2.24) is 0 Å². The number of thioether (sulfide) groups is 1. The Bertz CT molecular complexity index is 378. The lowest BCUT2D eigenvalue weighted by molar-refractivity contribution is -0.109. The lowest BCUT2D eigenvalue weighted by Gasteiger charge is -2.17. The zero-order chi connectivity index (χ0) is 10.2. The van der Waals surface area contributed by atoms with E-state index in [2.05, 4.69) is 0 Å². The Hall–Kier alpha value is -0.830. The average molecular weight is 210 g/mol. The van der Waals surface area contributed by atoms with Crippen LogP contribution in [0.5, 0.6) is 0 Å². The maximum Gasteiger partial charge on any atom is 0.136 e. The van der Waals surface area contributed by atoms with Crippen molar-refractivity contribution in [2.45, 2.75) is 29.4 Å². The van der Waals surface area contributed by atoms with Gasteiger partial charge in [-0.2, -0.15) is 0 Å². The van der Waals surface area contributed by atoms with Crippen LogP contribution in [0.25, 0.3) is 0 Å². The van der Waals surface area contributed by atoms with Crippen LogP contribution in [0, 0.1) is 5.82 Å². The SMILES string of the molecule is CCC1(C=O)Cc2c(F)cccc2S1. The van der Waals surface area contributed by atoms with E-state index in [1.165, 1.54) is 17.8 Å². The van der Waals surface area contributed by atoms with Gasteiger partial charge in [-0.05, 0) is 25.0 Å². The molecule has 0 bridgehead atoms. The van der Waals surface area contributed by atoms with Crippen molar-refractivity contribution in [1.29, 1.82) is 0 Å². The Balaban J connectivity index is 2.42. The van der Waals surface area contributed by atoms with Crippen LogP contribution in [0.1, 0.15) is 18.9 Å². The molecule has 1 aromatic rings. The topological polar surface area (TPSA) is 17.1 Å². The Morgan fingerprint density at radius 2 is 2.43 bits per heavy atom. The summed E-state index contributed by atoms with van der Waals surface area (Å²) in [6, 6.07) is 5.03. The van der Waals surface area contributed by atoms with Crippen LogP contribution >= 0.6 is 11.8 Å². The molecule has 2 rings (SSSR count). The third kappa shape index (κ3) is 1.36. The van der Waals surface area contributed by atoms with E-state index in [0.717, 1.165) is 17.6 Å². The molecule has 1 aliphatic heterocycles. The Labute approximate surface area is 86.7 Å². The van der Waals surface area contributed by atoms with Gasteiger partial charge < -0.3 is 4.79 Å². The molecule has 0 spiro atoms. The number of halogens is 1. The van der Waals surface area contributed by atoms with Gasteiger partial charge in [0, 0.05) is 10.5 Å². The molecule has 0 aliphatic carbocycles. The second-order valence-corrected chi connectivity index (χ2v) is 4.99. The smallest absolute Gasteiger partial charge is 0.136 e. The highest BCUT2D eigenvalue weighted by Crippen LogP contribution is 2.46. The van der Waals surface area contributed by atoms with Gasteiger partial charge >= 0.3 is 0 Å². The number of aldehydes is 1. The lowest BCUT2D eigenvalue weighted by Crippen LogP contribution is -2.24. The molecular formula is C11H11FOS. The molecule has 0 saturated heterocycles. The molecule has 0 fully saturated rings. The van der Waals surface area contributed by atoms with E-state index < -0.39 is 4.75 Å². The molecular weight excluding hydrogens is 199 g/mol. The fourth-order valence-corrected chi connectivity index (χ4v) is 2.99. The summed E-state index contributed by atoms with van der Waals surface area (Å²) in [6.07, 6.45) is 2.23. The van der Waals surface area contributed by atoms with Gasteiger partial charge in [-0.25, -0.2) is 4.39 Å². The summed E-state index contributed by atoms with van der Waals surface area (Å²) >= 11 is 1.49. The zero-order valence-corrected chi connectivity index (χ0v) is 8.73. The van der Waals surface area contributed by atoms with Gasteiger partial charge in [0.05, 0.1) is 4.75 Å². The van der Waals surface area contributed by atoms with Crippen molar-refractivity contribution in [2.24, 2.45) is 0 Å². The number of hydrogen-bond acceptors (Lipinski definition) is 2. The minimum atomic E-state index is -0.426. The summed E-state index contributed by atoms with van der Waals surface area (Å²) in [5, 5.41) is 0. The first-order valence-electron chi connectivity index (χ1n) is 4.63. The number of fused-ring (bicyclic) bond motifs is 1. The first-order valence-corrected chi connectivity index (χ1v) is 5.45. The maximum absolute atomic E-state index is 13.4. The lowest BCUT2D eigenvalue weighted by atomic mass is 9.98. The van der Waals surface area contributed by atoms with Crippen LogP contribution in [0.15, 0.2) is 23.1 Å². The molecule has 1 aliphatic rings. The number of benzene rings is 1. The monoisotopic (exact) mass is 210 g/mol. The molecule has 1 aromatic carbocycles. The van der Waals surface area contributed by atoms with Crippen molar-refractivity contribution in [3.05, 3.63) is 29.6 Å². The summed E-state index contributed by atoms with van der Waals surface area (Å²) in [5.41, 5.74) is 0.700. The highest BCUT2D eigenvalue weighted by Gasteiger charge is 2.37. The molecule has 1 nitrogen and oxygen atoms in total. The predicted octanol–water partition coefficient (Wildman–Crippen LogP) is 2.82. The zero-order valence-electron chi connectivity index (χ0n) is 7.92. The predicted molar refractivity (Wildman–Crippen MR) is 55.0 cm³/mol.